The molecule has 0 bridgehead atoms. The SMILES string of the molecule is CCCCC(N[C@H](C)c1cccc2ccccc12)Sc1cc(Cl)ccc1Cl. The third-order valence-electron chi connectivity index (χ3n) is 4.71. The number of fused-ring (bicyclic) bond motifs is 1. The minimum atomic E-state index is 0.239. The summed E-state index contributed by atoms with van der Waals surface area (Å²) in [4.78, 5) is 1.03. The zero-order chi connectivity index (χ0) is 19.2. The van der Waals surface area contributed by atoms with E-state index in [4.69, 9.17) is 23.2 Å². The quantitative estimate of drug-likeness (QED) is 0.293. The molecule has 2 atom stereocenters. The molecule has 0 saturated heterocycles. The molecule has 0 aliphatic heterocycles. The number of thioether (sulfide) groups is 1. The molecule has 4 heteroatoms. The van der Waals surface area contributed by atoms with Crippen molar-refractivity contribution >= 4 is 45.7 Å². The first-order valence-electron chi connectivity index (χ1n) is 9.44. The van der Waals surface area contributed by atoms with Crippen LogP contribution in [-0.2, 0) is 0 Å². The van der Waals surface area contributed by atoms with Crippen molar-refractivity contribution in [2.45, 2.75) is 49.4 Å². The predicted octanol–water partition coefficient (Wildman–Crippen LogP) is 8.11. The smallest absolute Gasteiger partial charge is 0.0584 e. The average Bonchev–Trinajstić information content (AvgIpc) is 2.68. The molecule has 1 unspecified atom stereocenters. The van der Waals surface area contributed by atoms with E-state index in [1.807, 2.05) is 18.2 Å². The second kappa shape index (κ2) is 9.84. The molecule has 0 amide bonds. The molecule has 0 aliphatic rings. The average molecular weight is 418 g/mol. The first-order valence-corrected chi connectivity index (χ1v) is 11.1. The highest BCUT2D eigenvalue weighted by Crippen LogP contribution is 2.35. The molecule has 0 saturated carbocycles. The molecule has 1 N–H and O–H groups in total. The summed E-state index contributed by atoms with van der Waals surface area (Å²) in [5.74, 6) is 0. The fourth-order valence-electron chi connectivity index (χ4n) is 3.28. The summed E-state index contributed by atoms with van der Waals surface area (Å²) in [6.07, 6.45) is 3.43. The molecule has 0 heterocycles. The van der Waals surface area contributed by atoms with Gasteiger partial charge in [0.2, 0.25) is 0 Å². The van der Waals surface area contributed by atoms with Crippen molar-refractivity contribution in [3.8, 4) is 0 Å². The lowest BCUT2D eigenvalue weighted by Gasteiger charge is -2.25. The molecule has 3 aromatic carbocycles. The molecule has 0 spiro atoms. The van der Waals surface area contributed by atoms with Crippen LogP contribution >= 0.6 is 35.0 Å². The normalized spacial score (nSPS) is 13.6. The number of unbranched alkanes of at least 4 members (excludes halogenated alkanes) is 1. The van der Waals surface area contributed by atoms with E-state index in [-0.39, 0.29) is 11.4 Å². The fraction of sp³-hybridized carbons (Fsp3) is 0.304. The van der Waals surface area contributed by atoms with Crippen LogP contribution in [0, 0.1) is 0 Å². The third kappa shape index (κ3) is 5.42. The topological polar surface area (TPSA) is 12.0 Å². The van der Waals surface area contributed by atoms with Gasteiger partial charge in [-0.3, -0.25) is 5.32 Å². The van der Waals surface area contributed by atoms with E-state index >= 15 is 0 Å². The highest BCUT2D eigenvalue weighted by Gasteiger charge is 2.17. The number of hydrogen-bond acceptors (Lipinski definition) is 2. The van der Waals surface area contributed by atoms with Gasteiger partial charge < -0.3 is 0 Å². The van der Waals surface area contributed by atoms with Gasteiger partial charge in [0, 0.05) is 16.0 Å². The Morgan fingerprint density at radius 1 is 1.00 bits per heavy atom. The van der Waals surface area contributed by atoms with Crippen LogP contribution < -0.4 is 5.32 Å². The first-order chi connectivity index (χ1) is 13.1. The molecule has 1 nitrogen and oxygen atoms in total. The largest absolute Gasteiger partial charge is 0.298 e. The maximum absolute atomic E-state index is 6.40. The predicted molar refractivity (Wildman–Crippen MR) is 121 cm³/mol. The molecule has 27 heavy (non-hydrogen) atoms. The molecular weight excluding hydrogens is 393 g/mol. The molecule has 3 rings (SSSR count). The third-order valence-corrected chi connectivity index (χ3v) is 6.63. The van der Waals surface area contributed by atoms with E-state index in [9.17, 15) is 0 Å². The van der Waals surface area contributed by atoms with Crippen molar-refractivity contribution < 1.29 is 0 Å². The molecule has 0 aromatic heterocycles. The number of halogens is 2. The van der Waals surface area contributed by atoms with Gasteiger partial charge in [0.1, 0.15) is 0 Å². The van der Waals surface area contributed by atoms with Crippen molar-refractivity contribution in [3.63, 3.8) is 0 Å². The van der Waals surface area contributed by atoms with Crippen LogP contribution in [0.1, 0.15) is 44.7 Å². The van der Waals surface area contributed by atoms with Crippen LogP contribution in [0.25, 0.3) is 10.8 Å². The van der Waals surface area contributed by atoms with Crippen molar-refractivity contribution in [2.75, 3.05) is 0 Å². The van der Waals surface area contributed by atoms with Gasteiger partial charge in [-0.2, -0.15) is 0 Å². The number of benzene rings is 3. The minimum Gasteiger partial charge on any atom is -0.298 e. The highest BCUT2D eigenvalue weighted by atomic mass is 35.5. The van der Waals surface area contributed by atoms with E-state index in [2.05, 4.69) is 61.6 Å². The maximum Gasteiger partial charge on any atom is 0.0584 e. The molecular formula is C23H25Cl2NS. The maximum atomic E-state index is 6.40. The lowest BCUT2D eigenvalue weighted by molar-refractivity contribution is 0.516. The van der Waals surface area contributed by atoms with Gasteiger partial charge in [-0.15, -0.1) is 11.8 Å². The summed E-state index contributed by atoms with van der Waals surface area (Å²) in [7, 11) is 0. The van der Waals surface area contributed by atoms with Crippen molar-refractivity contribution in [1.29, 1.82) is 0 Å². The zero-order valence-electron chi connectivity index (χ0n) is 15.7. The molecule has 0 radical (unpaired) electrons. The first kappa shape index (κ1) is 20.5. The van der Waals surface area contributed by atoms with Gasteiger partial charge in [0.05, 0.1) is 10.4 Å². The monoisotopic (exact) mass is 417 g/mol. The van der Waals surface area contributed by atoms with Crippen molar-refractivity contribution in [2.24, 2.45) is 0 Å². The molecule has 3 aromatic rings. The van der Waals surface area contributed by atoms with E-state index in [0.29, 0.717) is 0 Å². The van der Waals surface area contributed by atoms with Crippen LogP contribution in [0.3, 0.4) is 0 Å². The van der Waals surface area contributed by atoms with Crippen LogP contribution in [0.4, 0.5) is 0 Å². The van der Waals surface area contributed by atoms with Crippen molar-refractivity contribution in [1.82, 2.24) is 5.32 Å². The summed E-state index contributed by atoms with van der Waals surface area (Å²) in [5.41, 5.74) is 1.33. The van der Waals surface area contributed by atoms with E-state index in [1.54, 1.807) is 11.8 Å². The Kier molecular flexibility index (Phi) is 7.49. The summed E-state index contributed by atoms with van der Waals surface area (Å²) in [6, 6.07) is 21.0. The summed E-state index contributed by atoms with van der Waals surface area (Å²) in [5, 5.41) is 8.15. The Morgan fingerprint density at radius 3 is 2.59 bits per heavy atom. The van der Waals surface area contributed by atoms with Gasteiger partial charge in [-0.25, -0.2) is 0 Å². The Balaban J connectivity index is 1.81. The lowest BCUT2D eigenvalue weighted by Crippen LogP contribution is -2.29. The Labute approximate surface area is 176 Å². The van der Waals surface area contributed by atoms with E-state index in [1.165, 1.54) is 29.2 Å². The fourth-order valence-corrected chi connectivity index (χ4v) is 5.01. The zero-order valence-corrected chi connectivity index (χ0v) is 18.0. The van der Waals surface area contributed by atoms with Gasteiger partial charge >= 0.3 is 0 Å². The van der Waals surface area contributed by atoms with E-state index < -0.39 is 0 Å². The van der Waals surface area contributed by atoms with Gasteiger partial charge in [0.15, 0.2) is 0 Å². The summed E-state index contributed by atoms with van der Waals surface area (Å²) < 4.78 is 0. The standard InChI is InChI=1S/C23H25Cl2NS/c1-3-4-12-23(27-22-15-18(24)13-14-21(22)25)26-16(2)19-11-7-9-17-8-5-6-10-20(17)19/h5-11,13-16,23,26H,3-4,12H2,1-2H3/t16-,23?/m1/s1. The van der Waals surface area contributed by atoms with E-state index in [0.717, 1.165) is 21.4 Å². The number of rotatable bonds is 8. The van der Waals surface area contributed by atoms with Crippen LogP contribution in [-0.4, -0.2) is 5.37 Å². The summed E-state index contributed by atoms with van der Waals surface area (Å²) in [6.45, 7) is 4.46. The van der Waals surface area contributed by atoms with Crippen molar-refractivity contribution in [3.05, 3.63) is 76.3 Å². The number of nitrogens with one attached hydrogen (secondary N) is 1. The Morgan fingerprint density at radius 2 is 1.78 bits per heavy atom. The van der Waals surface area contributed by atoms with Gasteiger partial charge in [-0.1, -0.05) is 85.4 Å². The van der Waals surface area contributed by atoms with Crippen LogP contribution in [0.5, 0.6) is 0 Å². The second-order valence-corrected chi connectivity index (χ2v) is 8.87. The highest BCUT2D eigenvalue weighted by molar-refractivity contribution is 8.00. The van der Waals surface area contributed by atoms with Gasteiger partial charge in [0.25, 0.3) is 0 Å². The molecule has 0 fully saturated rings. The van der Waals surface area contributed by atoms with Crippen LogP contribution in [0.15, 0.2) is 65.6 Å². The Hall–Kier alpha value is -1.19. The van der Waals surface area contributed by atoms with Gasteiger partial charge in [-0.05, 0) is 47.9 Å². The minimum absolute atomic E-state index is 0.239. The molecule has 142 valence electrons. The lowest BCUT2D eigenvalue weighted by atomic mass is 9.99. The summed E-state index contributed by atoms with van der Waals surface area (Å²) >= 11 is 14.3. The Bertz CT molecular complexity index is 891. The molecule has 0 aliphatic carbocycles. The number of hydrogen-bond donors (Lipinski definition) is 1. The second-order valence-electron chi connectivity index (χ2n) is 6.78. The van der Waals surface area contributed by atoms with Crippen LogP contribution in [0.2, 0.25) is 10.0 Å².